The second-order valence-electron chi connectivity index (χ2n) is 3.77. The van der Waals surface area contributed by atoms with Crippen molar-refractivity contribution in [1.29, 1.82) is 0 Å². The van der Waals surface area contributed by atoms with Gasteiger partial charge in [0.1, 0.15) is 5.52 Å². The van der Waals surface area contributed by atoms with Gasteiger partial charge in [0.25, 0.3) is 0 Å². The van der Waals surface area contributed by atoms with E-state index in [1.807, 2.05) is 10.7 Å². The third kappa shape index (κ3) is 1.59. The Kier molecular flexibility index (Phi) is 2.10. The maximum atomic E-state index is 5.57. The molecular formula is C10H12N4O. The monoisotopic (exact) mass is 204 g/mol. The summed E-state index contributed by atoms with van der Waals surface area (Å²) in [6.45, 7) is 1.67. The number of ether oxygens (including phenoxy) is 1. The zero-order chi connectivity index (χ0) is 10.1. The van der Waals surface area contributed by atoms with Crippen molar-refractivity contribution in [1.82, 2.24) is 20.0 Å². The average Bonchev–Trinajstić information content (AvgIpc) is 2.89. The molecule has 1 aliphatic rings. The lowest BCUT2D eigenvalue weighted by Gasteiger charge is -2.08. The van der Waals surface area contributed by atoms with E-state index in [9.17, 15) is 0 Å². The van der Waals surface area contributed by atoms with Gasteiger partial charge in [-0.05, 0) is 18.9 Å². The molecule has 3 rings (SSSR count). The van der Waals surface area contributed by atoms with Crippen molar-refractivity contribution in [3.8, 4) is 0 Å². The summed E-state index contributed by atoms with van der Waals surface area (Å²) in [6, 6.07) is 1.93. The highest BCUT2D eigenvalue weighted by atomic mass is 16.5. The zero-order valence-electron chi connectivity index (χ0n) is 8.33. The summed E-state index contributed by atoms with van der Waals surface area (Å²) < 4.78 is 7.47. The summed E-state index contributed by atoms with van der Waals surface area (Å²) in [4.78, 5) is 4.01. The molecule has 0 aromatic carbocycles. The van der Waals surface area contributed by atoms with Crippen LogP contribution in [0.2, 0.25) is 0 Å². The van der Waals surface area contributed by atoms with E-state index < -0.39 is 0 Å². The van der Waals surface area contributed by atoms with E-state index in [2.05, 4.69) is 15.3 Å². The smallest absolute Gasteiger partial charge is 0.131 e. The minimum atomic E-state index is 0.295. The maximum absolute atomic E-state index is 5.57. The first kappa shape index (κ1) is 8.79. The molecule has 0 aliphatic carbocycles. The molecule has 1 saturated heterocycles. The Labute approximate surface area is 87.1 Å². The number of pyridine rings is 1. The fourth-order valence-corrected chi connectivity index (χ4v) is 1.94. The van der Waals surface area contributed by atoms with Gasteiger partial charge in [-0.1, -0.05) is 5.21 Å². The highest BCUT2D eigenvalue weighted by Gasteiger charge is 2.17. The van der Waals surface area contributed by atoms with E-state index in [-0.39, 0.29) is 0 Å². The highest BCUT2D eigenvalue weighted by Crippen LogP contribution is 2.16. The molecule has 0 radical (unpaired) electrons. The Hall–Kier alpha value is -1.49. The third-order valence-corrected chi connectivity index (χ3v) is 2.72. The van der Waals surface area contributed by atoms with Crippen molar-refractivity contribution in [2.24, 2.45) is 0 Å². The molecule has 3 heterocycles. The van der Waals surface area contributed by atoms with Crippen LogP contribution >= 0.6 is 0 Å². The van der Waals surface area contributed by atoms with Crippen LogP contribution in [0, 0.1) is 0 Å². The van der Waals surface area contributed by atoms with Gasteiger partial charge in [-0.3, -0.25) is 4.98 Å². The second-order valence-corrected chi connectivity index (χ2v) is 3.77. The van der Waals surface area contributed by atoms with Crippen LogP contribution in [0.4, 0.5) is 0 Å². The molecule has 1 atom stereocenters. The third-order valence-electron chi connectivity index (χ3n) is 2.72. The molecule has 0 amide bonds. The molecule has 0 spiro atoms. The molecule has 0 N–H and O–H groups in total. The number of hydrogen-bond donors (Lipinski definition) is 0. The maximum Gasteiger partial charge on any atom is 0.131 e. The first-order valence-electron chi connectivity index (χ1n) is 5.18. The minimum absolute atomic E-state index is 0.295. The van der Waals surface area contributed by atoms with Crippen molar-refractivity contribution in [2.45, 2.75) is 25.5 Å². The largest absolute Gasteiger partial charge is 0.376 e. The van der Waals surface area contributed by atoms with Gasteiger partial charge >= 0.3 is 0 Å². The number of fused-ring (bicyclic) bond motifs is 1. The lowest BCUT2D eigenvalue weighted by Crippen LogP contribution is -2.15. The summed E-state index contributed by atoms with van der Waals surface area (Å²) >= 11 is 0. The molecular weight excluding hydrogens is 192 g/mol. The fourth-order valence-electron chi connectivity index (χ4n) is 1.94. The van der Waals surface area contributed by atoms with E-state index in [0.29, 0.717) is 6.10 Å². The Morgan fingerprint density at radius 2 is 2.53 bits per heavy atom. The number of rotatable bonds is 2. The van der Waals surface area contributed by atoms with Crippen molar-refractivity contribution < 1.29 is 4.74 Å². The summed E-state index contributed by atoms with van der Waals surface area (Å²) in [7, 11) is 0. The Morgan fingerprint density at radius 1 is 1.53 bits per heavy atom. The van der Waals surface area contributed by atoms with Crippen LogP contribution in [0.3, 0.4) is 0 Å². The molecule has 5 heteroatoms. The number of hydrogen-bond acceptors (Lipinski definition) is 4. The lowest BCUT2D eigenvalue weighted by molar-refractivity contribution is 0.0946. The van der Waals surface area contributed by atoms with Gasteiger partial charge in [0.05, 0.1) is 24.4 Å². The van der Waals surface area contributed by atoms with Crippen molar-refractivity contribution in [3.05, 3.63) is 18.5 Å². The van der Waals surface area contributed by atoms with Crippen LogP contribution < -0.4 is 0 Å². The van der Waals surface area contributed by atoms with E-state index in [1.165, 1.54) is 0 Å². The van der Waals surface area contributed by atoms with Gasteiger partial charge in [0, 0.05) is 12.8 Å². The normalized spacial score (nSPS) is 21.2. The SMILES string of the molecule is c1cc2c(cn1)nnn2CC1CCCO1. The summed E-state index contributed by atoms with van der Waals surface area (Å²) in [5.41, 5.74) is 1.87. The van der Waals surface area contributed by atoms with Gasteiger partial charge < -0.3 is 4.74 Å². The molecule has 0 bridgehead atoms. The van der Waals surface area contributed by atoms with Gasteiger partial charge in [0.2, 0.25) is 0 Å². The second kappa shape index (κ2) is 3.58. The van der Waals surface area contributed by atoms with Crippen LogP contribution in [-0.2, 0) is 11.3 Å². The number of nitrogens with zero attached hydrogens (tertiary/aromatic N) is 4. The molecule has 2 aromatic heterocycles. The lowest BCUT2D eigenvalue weighted by atomic mass is 10.2. The van der Waals surface area contributed by atoms with Gasteiger partial charge in [0.15, 0.2) is 0 Å². The van der Waals surface area contributed by atoms with Crippen molar-refractivity contribution in [3.63, 3.8) is 0 Å². The van der Waals surface area contributed by atoms with Crippen molar-refractivity contribution >= 4 is 11.0 Å². The van der Waals surface area contributed by atoms with E-state index in [1.54, 1.807) is 12.4 Å². The predicted molar refractivity (Wildman–Crippen MR) is 54.3 cm³/mol. The molecule has 1 aliphatic heterocycles. The zero-order valence-corrected chi connectivity index (χ0v) is 8.33. The topological polar surface area (TPSA) is 52.8 Å². The highest BCUT2D eigenvalue weighted by molar-refractivity contribution is 5.72. The minimum Gasteiger partial charge on any atom is -0.376 e. The van der Waals surface area contributed by atoms with Gasteiger partial charge in [-0.25, -0.2) is 4.68 Å². The molecule has 1 unspecified atom stereocenters. The van der Waals surface area contributed by atoms with Crippen molar-refractivity contribution in [2.75, 3.05) is 6.61 Å². The fraction of sp³-hybridized carbons (Fsp3) is 0.500. The van der Waals surface area contributed by atoms with E-state index in [4.69, 9.17) is 4.74 Å². The first-order chi connectivity index (χ1) is 7.43. The van der Waals surface area contributed by atoms with E-state index in [0.717, 1.165) is 37.0 Å². The standard InChI is InChI=1S/C10H12N4O/c1-2-8(15-5-1)7-14-10-3-4-11-6-9(10)12-13-14/h3-4,6,8H,1-2,5,7H2. The Balaban J connectivity index is 1.90. The molecule has 15 heavy (non-hydrogen) atoms. The van der Waals surface area contributed by atoms with Crippen LogP contribution in [0.25, 0.3) is 11.0 Å². The molecule has 0 saturated carbocycles. The molecule has 78 valence electrons. The van der Waals surface area contributed by atoms with Crippen LogP contribution in [-0.4, -0.2) is 32.7 Å². The molecule has 2 aromatic rings. The first-order valence-corrected chi connectivity index (χ1v) is 5.18. The van der Waals surface area contributed by atoms with Crippen LogP contribution in [0.5, 0.6) is 0 Å². The van der Waals surface area contributed by atoms with Crippen LogP contribution in [0.15, 0.2) is 18.5 Å². The quantitative estimate of drug-likeness (QED) is 0.732. The number of aromatic nitrogens is 4. The Bertz CT molecular complexity index is 461. The summed E-state index contributed by atoms with van der Waals surface area (Å²) in [6.07, 6.45) is 6.06. The van der Waals surface area contributed by atoms with Gasteiger partial charge in [-0.15, -0.1) is 5.10 Å². The van der Waals surface area contributed by atoms with Crippen LogP contribution in [0.1, 0.15) is 12.8 Å². The summed E-state index contributed by atoms with van der Waals surface area (Å²) in [5.74, 6) is 0. The van der Waals surface area contributed by atoms with E-state index >= 15 is 0 Å². The molecule has 1 fully saturated rings. The Morgan fingerprint density at radius 3 is 3.40 bits per heavy atom. The molecule has 5 nitrogen and oxygen atoms in total. The predicted octanol–water partition coefficient (Wildman–Crippen LogP) is 1.01. The summed E-state index contributed by atoms with van der Waals surface area (Å²) in [5, 5.41) is 8.16. The average molecular weight is 204 g/mol. The van der Waals surface area contributed by atoms with Gasteiger partial charge in [-0.2, -0.15) is 0 Å².